The molecular formula is C11H13ClFNO3S. The molecule has 1 N–H and O–H groups in total. The van der Waals surface area contributed by atoms with Crippen LogP contribution in [0.1, 0.15) is 6.42 Å². The lowest BCUT2D eigenvalue weighted by atomic mass is 10.1. The SMILES string of the molecule is O=S(=O)(c1ccc(Cl)cc1F)N1CCC(CO)C1. The fraction of sp³-hybridized carbons (Fsp3) is 0.455. The minimum atomic E-state index is -3.84. The predicted molar refractivity (Wildman–Crippen MR) is 65.4 cm³/mol. The van der Waals surface area contributed by atoms with Crippen LogP contribution in [-0.4, -0.2) is 37.5 Å². The van der Waals surface area contributed by atoms with Crippen LogP contribution in [0.25, 0.3) is 0 Å². The Bertz CT molecular complexity index is 549. The first-order valence-electron chi connectivity index (χ1n) is 5.51. The van der Waals surface area contributed by atoms with Crippen LogP contribution in [0.15, 0.2) is 23.1 Å². The van der Waals surface area contributed by atoms with Gasteiger partial charge in [-0.15, -0.1) is 0 Å². The van der Waals surface area contributed by atoms with Gasteiger partial charge >= 0.3 is 0 Å². The quantitative estimate of drug-likeness (QED) is 0.918. The Morgan fingerprint density at radius 1 is 1.50 bits per heavy atom. The van der Waals surface area contributed by atoms with Crippen LogP contribution >= 0.6 is 11.6 Å². The minimum Gasteiger partial charge on any atom is -0.396 e. The molecule has 0 amide bonds. The van der Waals surface area contributed by atoms with Crippen molar-refractivity contribution in [2.45, 2.75) is 11.3 Å². The van der Waals surface area contributed by atoms with Crippen LogP contribution in [0.5, 0.6) is 0 Å². The number of hydrogen-bond donors (Lipinski definition) is 1. The van der Waals surface area contributed by atoms with Crippen LogP contribution in [0.2, 0.25) is 5.02 Å². The van der Waals surface area contributed by atoms with Gasteiger partial charge < -0.3 is 5.11 Å². The fourth-order valence-corrected chi connectivity index (χ4v) is 3.72. The molecule has 1 heterocycles. The summed E-state index contributed by atoms with van der Waals surface area (Å²) in [5, 5.41) is 9.15. The van der Waals surface area contributed by atoms with Crippen molar-refractivity contribution in [3.63, 3.8) is 0 Å². The number of nitrogens with zero attached hydrogens (tertiary/aromatic N) is 1. The molecule has 0 radical (unpaired) electrons. The predicted octanol–water partition coefficient (Wildman–Crippen LogP) is 1.48. The van der Waals surface area contributed by atoms with Crippen LogP contribution in [0, 0.1) is 11.7 Å². The molecule has 1 aliphatic rings. The molecule has 1 saturated heterocycles. The summed E-state index contributed by atoms with van der Waals surface area (Å²) in [7, 11) is -3.84. The van der Waals surface area contributed by atoms with Crippen LogP contribution < -0.4 is 0 Å². The van der Waals surface area contributed by atoms with E-state index in [1.807, 2.05) is 0 Å². The maximum atomic E-state index is 13.6. The number of aliphatic hydroxyl groups excluding tert-OH is 1. The van der Waals surface area contributed by atoms with E-state index in [-0.39, 0.29) is 29.0 Å². The molecule has 1 atom stereocenters. The zero-order valence-corrected chi connectivity index (χ0v) is 11.1. The molecule has 100 valence electrons. The molecule has 4 nitrogen and oxygen atoms in total. The number of halogens is 2. The second kappa shape index (κ2) is 5.13. The van der Waals surface area contributed by atoms with Gasteiger partial charge in [-0.05, 0) is 30.5 Å². The van der Waals surface area contributed by atoms with Gasteiger partial charge in [0.25, 0.3) is 0 Å². The van der Waals surface area contributed by atoms with E-state index in [9.17, 15) is 12.8 Å². The molecular weight excluding hydrogens is 281 g/mol. The van der Waals surface area contributed by atoms with E-state index in [0.29, 0.717) is 13.0 Å². The molecule has 1 unspecified atom stereocenters. The lowest BCUT2D eigenvalue weighted by Gasteiger charge is -2.16. The standard InChI is InChI=1S/C11H13ClFNO3S/c12-9-1-2-11(10(13)5-9)18(16,17)14-4-3-8(6-14)7-15/h1-2,5,8,15H,3-4,6-7H2. The smallest absolute Gasteiger partial charge is 0.245 e. The Labute approximate surface area is 110 Å². The van der Waals surface area contributed by atoms with Crippen molar-refractivity contribution >= 4 is 21.6 Å². The second-order valence-corrected chi connectivity index (χ2v) is 6.62. The number of aliphatic hydroxyl groups is 1. The van der Waals surface area contributed by atoms with Crippen LogP contribution in [-0.2, 0) is 10.0 Å². The summed E-state index contributed by atoms with van der Waals surface area (Å²) in [5.74, 6) is -0.926. The summed E-state index contributed by atoms with van der Waals surface area (Å²) < 4.78 is 39.2. The van der Waals surface area contributed by atoms with E-state index in [2.05, 4.69) is 0 Å². The topological polar surface area (TPSA) is 57.6 Å². The van der Waals surface area contributed by atoms with Crippen molar-refractivity contribution in [2.75, 3.05) is 19.7 Å². The number of sulfonamides is 1. The van der Waals surface area contributed by atoms with Gasteiger partial charge in [0.05, 0.1) is 0 Å². The molecule has 1 aromatic rings. The third-order valence-electron chi connectivity index (χ3n) is 3.02. The third kappa shape index (κ3) is 2.51. The molecule has 1 aliphatic heterocycles. The Balaban J connectivity index is 2.31. The van der Waals surface area contributed by atoms with Crippen molar-refractivity contribution in [2.24, 2.45) is 5.92 Å². The fourth-order valence-electron chi connectivity index (χ4n) is 1.99. The van der Waals surface area contributed by atoms with E-state index in [1.54, 1.807) is 0 Å². The van der Waals surface area contributed by atoms with Gasteiger partial charge in [0.1, 0.15) is 10.7 Å². The zero-order chi connectivity index (χ0) is 13.3. The van der Waals surface area contributed by atoms with E-state index in [0.717, 1.165) is 6.07 Å². The van der Waals surface area contributed by atoms with Crippen molar-refractivity contribution in [3.8, 4) is 0 Å². The highest BCUT2D eigenvalue weighted by Crippen LogP contribution is 2.26. The Hall–Kier alpha value is -0.690. The van der Waals surface area contributed by atoms with Gasteiger partial charge in [-0.1, -0.05) is 11.6 Å². The molecule has 0 aromatic heterocycles. The Morgan fingerprint density at radius 3 is 2.78 bits per heavy atom. The first kappa shape index (κ1) is 13.7. The Kier molecular flexibility index (Phi) is 3.91. The van der Waals surface area contributed by atoms with E-state index >= 15 is 0 Å². The summed E-state index contributed by atoms with van der Waals surface area (Å²) in [6.45, 7) is 0.464. The Morgan fingerprint density at radius 2 is 2.22 bits per heavy atom. The summed E-state index contributed by atoms with van der Waals surface area (Å²) in [4.78, 5) is -0.370. The first-order chi connectivity index (χ1) is 8.45. The van der Waals surface area contributed by atoms with E-state index in [1.165, 1.54) is 16.4 Å². The molecule has 0 bridgehead atoms. The molecule has 0 saturated carbocycles. The molecule has 0 aliphatic carbocycles. The molecule has 7 heteroatoms. The third-order valence-corrected chi connectivity index (χ3v) is 5.15. The van der Waals surface area contributed by atoms with Crippen molar-refractivity contribution < 1.29 is 17.9 Å². The van der Waals surface area contributed by atoms with Crippen LogP contribution in [0.3, 0.4) is 0 Å². The summed E-state index contributed by atoms with van der Waals surface area (Å²) >= 11 is 5.59. The van der Waals surface area contributed by atoms with Gasteiger partial charge in [0.15, 0.2) is 0 Å². The number of hydrogen-bond acceptors (Lipinski definition) is 3. The summed E-state index contributed by atoms with van der Waals surface area (Å²) in [6, 6.07) is 3.49. The number of rotatable bonds is 3. The van der Waals surface area contributed by atoms with Gasteiger partial charge in [0, 0.05) is 24.7 Å². The lowest BCUT2D eigenvalue weighted by Crippen LogP contribution is -2.30. The molecule has 18 heavy (non-hydrogen) atoms. The average Bonchev–Trinajstić information content (AvgIpc) is 2.77. The highest BCUT2D eigenvalue weighted by atomic mass is 35.5. The molecule has 1 fully saturated rings. The van der Waals surface area contributed by atoms with Gasteiger partial charge in [0.2, 0.25) is 10.0 Å². The van der Waals surface area contributed by atoms with Crippen molar-refractivity contribution in [1.29, 1.82) is 0 Å². The van der Waals surface area contributed by atoms with Crippen LogP contribution in [0.4, 0.5) is 4.39 Å². The summed E-state index contributed by atoms with van der Waals surface area (Å²) in [6.07, 6.45) is 0.588. The van der Waals surface area contributed by atoms with Crippen molar-refractivity contribution in [3.05, 3.63) is 29.0 Å². The van der Waals surface area contributed by atoms with E-state index < -0.39 is 15.8 Å². The molecule has 2 rings (SSSR count). The highest BCUT2D eigenvalue weighted by Gasteiger charge is 2.33. The lowest BCUT2D eigenvalue weighted by molar-refractivity contribution is 0.233. The minimum absolute atomic E-state index is 0.0604. The maximum Gasteiger partial charge on any atom is 0.245 e. The second-order valence-electron chi connectivity index (χ2n) is 4.28. The van der Waals surface area contributed by atoms with Crippen molar-refractivity contribution in [1.82, 2.24) is 4.31 Å². The van der Waals surface area contributed by atoms with Gasteiger partial charge in [-0.25, -0.2) is 12.8 Å². The first-order valence-corrected chi connectivity index (χ1v) is 7.33. The maximum absolute atomic E-state index is 13.6. The zero-order valence-electron chi connectivity index (χ0n) is 9.51. The monoisotopic (exact) mass is 293 g/mol. The molecule has 1 aromatic carbocycles. The highest BCUT2D eigenvalue weighted by molar-refractivity contribution is 7.89. The summed E-state index contributed by atoms with van der Waals surface area (Å²) in [5.41, 5.74) is 0. The largest absolute Gasteiger partial charge is 0.396 e. The normalized spacial score (nSPS) is 21.4. The van der Waals surface area contributed by atoms with E-state index in [4.69, 9.17) is 16.7 Å². The van der Waals surface area contributed by atoms with Gasteiger partial charge in [-0.2, -0.15) is 4.31 Å². The molecule has 0 spiro atoms. The number of benzene rings is 1. The van der Waals surface area contributed by atoms with Gasteiger partial charge in [-0.3, -0.25) is 0 Å². The average molecular weight is 294 g/mol.